The highest BCUT2D eigenvalue weighted by Gasteiger charge is 2.27. The van der Waals surface area contributed by atoms with E-state index in [1.165, 1.54) is 24.0 Å². The Morgan fingerprint density at radius 1 is 0.938 bits per heavy atom. The molecule has 0 atom stereocenters. The van der Waals surface area contributed by atoms with Crippen molar-refractivity contribution in [2.75, 3.05) is 0 Å². The van der Waals surface area contributed by atoms with Crippen molar-refractivity contribution in [2.24, 2.45) is 17.6 Å². The topological polar surface area (TPSA) is 26.0 Å². The van der Waals surface area contributed by atoms with Crippen LogP contribution in [0.2, 0.25) is 0 Å². The van der Waals surface area contributed by atoms with E-state index in [-0.39, 0.29) is 0 Å². The average Bonchev–Trinajstić information content (AvgIpc) is 2.74. The van der Waals surface area contributed by atoms with E-state index in [1.807, 2.05) is 0 Å². The smallest absolute Gasteiger partial charge is 0.0120 e. The molecule has 0 amide bonds. The molecule has 1 nitrogen and oxygen atoms in total. The molecule has 0 heterocycles. The van der Waals surface area contributed by atoms with Crippen LogP contribution >= 0.6 is 0 Å². The van der Waals surface area contributed by atoms with Crippen LogP contribution in [-0.2, 0) is 25.7 Å². The lowest BCUT2D eigenvalue weighted by molar-refractivity contribution is 0.404. The lowest BCUT2D eigenvalue weighted by Gasteiger charge is -2.12. The van der Waals surface area contributed by atoms with Crippen molar-refractivity contribution in [2.45, 2.75) is 45.6 Å². The van der Waals surface area contributed by atoms with E-state index in [1.54, 1.807) is 11.1 Å². The highest BCUT2D eigenvalue weighted by Crippen LogP contribution is 2.35. The Morgan fingerprint density at radius 3 is 1.81 bits per heavy atom. The van der Waals surface area contributed by atoms with Crippen LogP contribution in [0, 0.1) is 11.8 Å². The van der Waals surface area contributed by atoms with Gasteiger partial charge in [-0.1, -0.05) is 26.0 Å². The molecule has 1 heteroatoms. The lowest BCUT2D eigenvalue weighted by Crippen LogP contribution is -2.19. The molecule has 16 heavy (non-hydrogen) atoms. The highest BCUT2D eigenvalue weighted by molar-refractivity contribution is 5.44. The standard InChI is InChI=1S/C15H21N/c1-9(2)10-3-11-5-13-7-15(16)8-14(13)6-12(11)4-10/h5-6,9-10,15H,3-4,7-8,16H2,1-2H3. The van der Waals surface area contributed by atoms with Gasteiger partial charge >= 0.3 is 0 Å². The zero-order valence-electron chi connectivity index (χ0n) is 10.3. The van der Waals surface area contributed by atoms with Gasteiger partial charge in [0.15, 0.2) is 0 Å². The average molecular weight is 215 g/mol. The van der Waals surface area contributed by atoms with Crippen molar-refractivity contribution in [3.63, 3.8) is 0 Å². The lowest BCUT2D eigenvalue weighted by atomic mass is 9.93. The fraction of sp³-hybridized carbons (Fsp3) is 0.600. The maximum atomic E-state index is 6.02. The van der Waals surface area contributed by atoms with Gasteiger partial charge in [-0.25, -0.2) is 0 Å². The van der Waals surface area contributed by atoms with Gasteiger partial charge < -0.3 is 5.73 Å². The van der Waals surface area contributed by atoms with Crippen LogP contribution in [0.3, 0.4) is 0 Å². The Morgan fingerprint density at radius 2 is 1.38 bits per heavy atom. The normalized spacial score (nSPS) is 20.5. The second-order valence-electron chi connectivity index (χ2n) is 5.97. The zero-order chi connectivity index (χ0) is 11.3. The van der Waals surface area contributed by atoms with Crippen LogP contribution in [0.5, 0.6) is 0 Å². The molecule has 1 aromatic rings. The molecule has 2 aliphatic rings. The fourth-order valence-electron chi connectivity index (χ4n) is 3.30. The van der Waals surface area contributed by atoms with Gasteiger partial charge in [-0.2, -0.15) is 0 Å². The highest BCUT2D eigenvalue weighted by atomic mass is 14.6. The molecule has 0 saturated heterocycles. The van der Waals surface area contributed by atoms with E-state index in [0.29, 0.717) is 6.04 Å². The van der Waals surface area contributed by atoms with Gasteiger partial charge in [-0.15, -0.1) is 0 Å². The minimum absolute atomic E-state index is 0.374. The monoisotopic (exact) mass is 215 g/mol. The second-order valence-corrected chi connectivity index (χ2v) is 5.97. The summed E-state index contributed by atoms with van der Waals surface area (Å²) in [5.41, 5.74) is 12.3. The van der Waals surface area contributed by atoms with Crippen LogP contribution in [0.15, 0.2) is 12.1 Å². The third kappa shape index (κ3) is 1.58. The van der Waals surface area contributed by atoms with Crippen molar-refractivity contribution in [3.05, 3.63) is 34.4 Å². The summed E-state index contributed by atoms with van der Waals surface area (Å²) in [6.07, 6.45) is 4.76. The van der Waals surface area contributed by atoms with Gasteiger partial charge in [0.1, 0.15) is 0 Å². The van der Waals surface area contributed by atoms with E-state index in [9.17, 15) is 0 Å². The van der Waals surface area contributed by atoms with Gasteiger partial charge in [0.25, 0.3) is 0 Å². The maximum absolute atomic E-state index is 6.02. The summed E-state index contributed by atoms with van der Waals surface area (Å²) >= 11 is 0. The van der Waals surface area contributed by atoms with Crippen molar-refractivity contribution in [3.8, 4) is 0 Å². The molecule has 1 aromatic carbocycles. The Balaban J connectivity index is 1.92. The van der Waals surface area contributed by atoms with Crippen LogP contribution in [-0.4, -0.2) is 6.04 Å². The van der Waals surface area contributed by atoms with Crippen LogP contribution in [0.25, 0.3) is 0 Å². The van der Waals surface area contributed by atoms with Gasteiger partial charge in [-0.05, 0) is 59.8 Å². The summed E-state index contributed by atoms with van der Waals surface area (Å²) in [7, 11) is 0. The van der Waals surface area contributed by atoms with Crippen molar-refractivity contribution in [1.82, 2.24) is 0 Å². The quantitative estimate of drug-likeness (QED) is 0.765. The van der Waals surface area contributed by atoms with E-state index in [4.69, 9.17) is 5.73 Å². The van der Waals surface area contributed by atoms with Crippen molar-refractivity contribution < 1.29 is 0 Å². The summed E-state index contributed by atoms with van der Waals surface area (Å²) in [5.74, 6) is 1.68. The van der Waals surface area contributed by atoms with Gasteiger partial charge in [0, 0.05) is 6.04 Å². The Labute approximate surface area is 98.0 Å². The second kappa shape index (κ2) is 3.59. The van der Waals surface area contributed by atoms with Crippen molar-refractivity contribution in [1.29, 1.82) is 0 Å². The molecular formula is C15H21N. The molecule has 0 aliphatic heterocycles. The molecule has 0 saturated carbocycles. The molecular weight excluding hydrogens is 194 g/mol. The molecule has 0 fully saturated rings. The SMILES string of the molecule is CC(C)C1Cc2cc3c(cc2C1)CC(N)C3. The first-order chi connectivity index (χ1) is 7.63. The minimum Gasteiger partial charge on any atom is -0.327 e. The molecule has 0 radical (unpaired) electrons. The van der Waals surface area contributed by atoms with E-state index in [0.717, 1.165) is 24.7 Å². The molecule has 0 aromatic heterocycles. The van der Waals surface area contributed by atoms with Crippen LogP contribution < -0.4 is 5.73 Å². The van der Waals surface area contributed by atoms with Gasteiger partial charge in [0.05, 0.1) is 0 Å². The van der Waals surface area contributed by atoms with E-state index >= 15 is 0 Å². The fourth-order valence-corrected chi connectivity index (χ4v) is 3.30. The largest absolute Gasteiger partial charge is 0.327 e. The number of hydrogen-bond acceptors (Lipinski definition) is 1. The summed E-state index contributed by atoms with van der Waals surface area (Å²) in [6, 6.07) is 5.26. The molecule has 0 spiro atoms. The molecule has 2 aliphatic carbocycles. The first-order valence-corrected chi connectivity index (χ1v) is 6.52. The predicted molar refractivity (Wildman–Crippen MR) is 67.6 cm³/mol. The summed E-state index contributed by atoms with van der Waals surface area (Å²) in [6.45, 7) is 4.69. The summed E-state index contributed by atoms with van der Waals surface area (Å²) in [4.78, 5) is 0. The van der Waals surface area contributed by atoms with Crippen molar-refractivity contribution >= 4 is 0 Å². The first kappa shape index (κ1) is 10.3. The van der Waals surface area contributed by atoms with Gasteiger partial charge in [-0.3, -0.25) is 0 Å². The number of fused-ring (bicyclic) bond motifs is 2. The third-order valence-corrected chi connectivity index (χ3v) is 4.39. The summed E-state index contributed by atoms with van der Waals surface area (Å²) < 4.78 is 0. The minimum atomic E-state index is 0.374. The Bertz CT molecular complexity index is 385. The maximum Gasteiger partial charge on any atom is 0.0120 e. The van der Waals surface area contributed by atoms with E-state index in [2.05, 4.69) is 26.0 Å². The zero-order valence-corrected chi connectivity index (χ0v) is 10.3. The Kier molecular flexibility index (Phi) is 2.32. The number of benzene rings is 1. The molecule has 3 rings (SSSR count). The summed E-state index contributed by atoms with van der Waals surface area (Å²) in [5, 5.41) is 0. The number of hydrogen-bond donors (Lipinski definition) is 1. The molecule has 0 unspecified atom stereocenters. The Hall–Kier alpha value is -0.820. The predicted octanol–water partition coefficient (Wildman–Crippen LogP) is 2.48. The van der Waals surface area contributed by atoms with E-state index < -0.39 is 0 Å². The molecule has 0 bridgehead atoms. The van der Waals surface area contributed by atoms with Crippen LogP contribution in [0.1, 0.15) is 36.1 Å². The first-order valence-electron chi connectivity index (χ1n) is 6.52. The third-order valence-electron chi connectivity index (χ3n) is 4.39. The number of rotatable bonds is 1. The number of nitrogens with two attached hydrogens (primary N) is 1. The molecule has 2 N–H and O–H groups in total. The molecule has 86 valence electrons. The van der Waals surface area contributed by atoms with Gasteiger partial charge in [0.2, 0.25) is 0 Å². The van der Waals surface area contributed by atoms with Crippen LogP contribution in [0.4, 0.5) is 0 Å².